The van der Waals surface area contributed by atoms with Crippen LogP contribution in [0.2, 0.25) is 0 Å². The fraction of sp³-hybridized carbons (Fsp3) is 0.385. The van der Waals surface area contributed by atoms with E-state index in [2.05, 4.69) is 39.5 Å². The van der Waals surface area contributed by atoms with Gasteiger partial charge in [0.15, 0.2) is 0 Å². The highest BCUT2D eigenvalue weighted by molar-refractivity contribution is 9.11. The summed E-state index contributed by atoms with van der Waals surface area (Å²) in [6.45, 7) is 2.70. The monoisotopic (exact) mass is 345 g/mol. The fourth-order valence-corrected chi connectivity index (χ4v) is 3.99. The quantitative estimate of drug-likeness (QED) is 0.850. The van der Waals surface area contributed by atoms with Gasteiger partial charge in [0.1, 0.15) is 6.10 Å². The predicted octanol–water partition coefficient (Wildman–Crippen LogP) is 4.22. The molecule has 0 fully saturated rings. The van der Waals surface area contributed by atoms with E-state index >= 15 is 0 Å². The maximum atomic E-state index is 6.01. The first kappa shape index (κ1) is 14.2. The van der Waals surface area contributed by atoms with E-state index in [-0.39, 0.29) is 12.1 Å². The van der Waals surface area contributed by atoms with Gasteiger partial charge in [-0.3, -0.25) is 0 Å². The minimum atomic E-state index is -0.0127. The number of hydrogen-bond acceptors (Lipinski definition) is 4. The summed E-state index contributed by atoms with van der Waals surface area (Å²) in [7, 11) is 0. The van der Waals surface area contributed by atoms with Crippen LogP contribution in [0, 0.1) is 0 Å². The summed E-state index contributed by atoms with van der Waals surface area (Å²) in [5, 5.41) is 2.09. The second-order valence-corrected chi connectivity index (χ2v) is 7.65. The van der Waals surface area contributed by atoms with Crippen LogP contribution in [0.15, 0.2) is 33.4 Å². The largest absolute Gasteiger partial charge is 0.371 e. The molecule has 0 radical (unpaired) electrons. The number of nitrogens with two attached hydrogens (primary N) is 1. The average molecular weight is 346 g/mol. The molecule has 2 aromatic rings. The Morgan fingerprint density at radius 2 is 2.22 bits per heavy atom. The highest BCUT2D eigenvalue weighted by Crippen LogP contribution is 2.31. The molecule has 2 nitrogen and oxygen atoms in total. The molecule has 2 unspecified atom stereocenters. The van der Waals surface area contributed by atoms with Gasteiger partial charge >= 0.3 is 0 Å². The SMILES string of the molecule is CC(N)C(OCCc1cccs1)c1ccc(Br)s1. The van der Waals surface area contributed by atoms with Crippen LogP contribution in [0.25, 0.3) is 0 Å². The lowest BCUT2D eigenvalue weighted by Gasteiger charge is -2.20. The molecule has 2 aromatic heterocycles. The molecule has 0 aromatic carbocycles. The molecule has 5 heteroatoms. The van der Waals surface area contributed by atoms with Crippen molar-refractivity contribution in [3.8, 4) is 0 Å². The van der Waals surface area contributed by atoms with Crippen LogP contribution < -0.4 is 5.73 Å². The van der Waals surface area contributed by atoms with Gasteiger partial charge in [0.25, 0.3) is 0 Å². The van der Waals surface area contributed by atoms with Crippen molar-refractivity contribution >= 4 is 38.6 Å². The van der Waals surface area contributed by atoms with E-state index in [1.54, 1.807) is 22.7 Å². The Labute approximate surface area is 124 Å². The number of halogens is 1. The van der Waals surface area contributed by atoms with Gasteiger partial charge in [-0.15, -0.1) is 22.7 Å². The topological polar surface area (TPSA) is 35.2 Å². The molecule has 0 amide bonds. The van der Waals surface area contributed by atoms with Crippen LogP contribution in [0.4, 0.5) is 0 Å². The first-order chi connectivity index (χ1) is 8.66. The van der Waals surface area contributed by atoms with Gasteiger partial charge in [-0.05, 0) is 46.4 Å². The molecule has 0 spiro atoms. The first-order valence-electron chi connectivity index (χ1n) is 5.81. The van der Waals surface area contributed by atoms with Gasteiger partial charge in [0, 0.05) is 22.2 Å². The Bertz CT molecular complexity index is 467. The summed E-state index contributed by atoms with van der Waals surface area (Å²) in [5.74, 6) is 0. The predicted molar refractivity (Wildman–Crippen MR) is 82.4 cm³/mol. The van der Waals surface area contributed by atoms with Crippen molar-refractivity contribution < 1.29 is 4.74 Å². The van der Waals surface area contributed by atoms with Crippen LogP contribution in [-0.2, 0) is 11.2 Å². The lowest BCUT2D eigenvalue weighted by atomic mass is 10.1. The van der Waals surface area contributed by atoms with Crippen molar-refractivity contribution in [2.75, 3.05) is 6.61 Å². The Morgan fingerprint density at radius 3 is 2.78 bits per heavy atom. The average Bonchev–Trinajstić information content (AvgIpc) is 2.95. The third-order valence-corrected chi connectivity index (χ3v) is 5.20. The Morgan fingerprint density at radius 1 is 1.39 bits per heavy atom. The normalized spacial score (nSPS) is 14.6. The number of hydrogen-bond donors (Lipinski definition) is 1. The van der Waals surface area contributed by atoms with Gasteiger partial charge < -0.3 is 10.5 Å². The zero-order chi connectivity index (χ0) is 13.0. The minimum Gasteiger partial charge on any atom is -0.371 e. The molecule has 0 bridgehead atoms. The second-order valence-electron chi connectivity index (χ2n) is 4.12. The third kappa shape index (κ3) is 3.90. The van der Waals surface area contributed by atoms with Gasteiger partial charge in [0.2, 0.25) is 0 Å². The van der Waals surface area contributed by atoms with E-state index in [4.69, 9.17) is 10.5 Å². The van der Waals surface area contributed by atoms with Crippen molar-refractivity contribution in [3.63, 3.8) is 0 Å². The van der Waals surface area contributed by atoms with Crippen molar-refractivity contribution in [2.45, 2.75) is 25.5 Å². The van der Waals surface area contributed by atoms with Crippen molar-refractivity contribution in [2.24, 2.45) is 5.73 Å². The van der Waals surface area contributed by atoms with E-state index < -0.39 is 0 Å². The second kappa shape index (κ2) is 6.82. The molecule has 18 heavy (non-hydrogen) atoms. The molecule has 2 atom stereocenters. The Kier molecular flexibility index (Phi) is 5.38. The van der Waals surface area contributed by atoms with E-state index in [0.717, 1.165) is 10.2 Å². The summed E-state index contributed by atoms with van der Waals surface area (Å²) >= 11 is 6.93. The first-order valence-corrected chi connectivity index (χ1v) is 8.30. The zero-order valence-electron chi connectivity index (χ0n) is 10.1. The van der Waals surface area contributed by atoms with E-state index in [0.29, 0.717) is 6.61 Å². The summed E-state index contributed by atoms with van der Waals surface area (Å²) in [6, 6.07) is 8.32. The van der Waals surface area contributed by atoms with E-state index in [9.17, 15) is 0 Å². The van der Waals surface area contributed by atoms with Gasteiger partial charge in [-0.25, -0.2) is 0 Å². The molecular formula is C13H16BrNOS2. The summed E-state index contributed by atoms with van der Waals surface area (Å²) in [6.07, 6.45) is 0.939. The summed E-state index contributed by atoms with van der Waals surface area (Å²) < 4.78 is 7.06. The summed E-state index contributed by atoms with van der Waals surface area (Å²) in [5.41, 5.74) is 6.01. The number of rotatable bonds is 6. The highest BCUT2D eigenvalue weighted by Gasteiger charge is 2.18. The van der Waals surface area contributed by atoms with E-state index in [1.165, 1.54) is 9.75 Å². The van der Waals surface area contributed by atoms with Crippen LogP contribution in [0.1, 0.15) is 22.8 Å². The maximum absolute atomic E-state index is 6.01. The zero-order valence-corrected chi connectivity index (χ0v) is 13.4. The van der Waals surface area contributed by atoms with Crippen LogP contribution in [0.5, 0.6) is 0 Å². The minimum absolute atomic E-state index is 0.00103. The van der Waals surface area contributed by atoms with Crippen molar-refractivity contribution in [1.29, 1.82) is 0 Å². The van der Waals surface area contributed by atoms with Crippen LogP contribution >= 0.6 is 38.6 Å². The number of ether oxygens (including phenoxy) is 1. The lowest BCUT2D eigenvalue weighted by molar-refractivity contribution is 0.0431. The molecule has 98 valence electrons. The van der Waals surface area contributed by atoms with Gasteiger partial charge in [0.05, 0.1) is 10.4 Å². The molecule has 2 heterocycles. The van der Waals surface area contributed by atoms with Crippen molar-refractivity contribution in [1.82, 2.24) is 0 Å². The van der Waals surface area contributed by atoms with Gasteiger partial charge in [-0.2, -0.15) is 0 Å². The van der Waals surface area contributed by atoms with E-state index in [1.807, 2.05) is 13.0 Å². The van der Waals surface area contributed by atoms with Crippen LogP contribution in [-0.4, -0.2) is 12.6 Å². The van der Waals surface area contributed by atoms with Crippen molar-refractivity contribution in [3.05, 3.63) is 43.2 Å². The lowest BCUT2D eigenvalue weighted by Crippen LogP contribution is -2.26. The molecule has 0 aliphatic carbocycles. The smallest absolute Gasteiger partial charge is 0.106 e. The Hall–Kier alpha value is -0.200. The molecule has 0 aliphatic heterocycles. The highest BCUT2D eigenvalue weighted by atomic mass is 79.9. The van der Waals surface area contributed by atoms with Crippen LogP contribution in [0.3, 0.4) is 0 Å². The molecule has 0 aliphatic rings. The fourth-order valence-electron chi connectivity index (χ4n) is 1.72. The summed E-state index contributed by atoms with van der Waals surface area (Å²) in [4.78, 5) is 2.54. The molecule has 2 N–H and O–H groups in total. The molecule has 0 saturated carbocycles. The molecule has 0 saturated heterocycles. The third-order valence-electron chi connectivity index (χ3n) is 2.58. The Balaban J connectivity index is 1.91. The maximum Gasteiger partial charge on any atom is 0.106 e. The van der Waals surface area contributed by atoms with Gasteiger partial charge in [-0.1, -0.05) is 6.07 Å². The molecule has 2 rings (SSSR count). The standard InChI is InChI=1S/C13H16BrNOS2/c1-9(15)13(11-4-5-12(14)18-11)16-7-6-10-3-2-8-17-10/h2-5,8-9,13H,6-7,15H2,1H3. The number of thiophene rings is 2. The molecular weight excluding hydrogens is 330 g/mol.